The van der Waals surface area contributed by atoms with Crippen molar-refractivity contribution >= 4 is 70.1 Å². The summed E-state index contributed by atoms with van der Waals surface area (Å²) in [6.45, 7) is 0. The maximum atomic E-state index is 13.4. The largest absolute Gasteiger partial charge is 0.493 e. The molecule has 3 N–H and O–H groups in total. The van der Waals surface area contributed by atoms with Crippen LogP contribution in [-0.4, -0.2) is 37.7 Å². The average Bonchev–Trinajstić information content (AvgIpc) is 3.02. The van der Waals surface area contributed by atoms with Gasteiger partial charge in [-0.25, -0.2) is 0 Å². The standard InChI is InChI=1S/C32H27Cl2N3O5S/c1-41-27-13-6-10-21(30(27)42-2)18-26(37-31(39)20-8-4-3-5-9-20)32(40)35-22-14-16-23(17-15-22)43-19-28(38)36-25-12-7-11-24(33)29(25)34/h3-18H,19H2,1-2H3,(H,35,40)(H,36,38)(H,37,39)/b26-18-. The lowest BCUT2D eigenvalue weighted by molar-refractivity contribution is -0.114. The summed E-state index contributed by atoms with van der Waals surface area (Å²) in [7, 11) is 3.01. The van der Waals surface area contributed by atoms with Crippen LogP contribution in [0.15, 0.2) is 102 Å². The number of rotatable bonds is 11. The van der Waals surface area contributed by atoms with E-state index in [0.29, 0.717) is 39.0 Å². The second kappa shape index (κ2) is 15.2. The van der Waals surface area contributed by atoms with Crippen molar-refractivity contribution in [1.29, 1.82) is 0 Å². The fourth-order valence-corrected chi connectivity index (χ4v) is 4.94. The van der Waals surface area contributed by atoms with Crippen LogP contribution in [0.2, 0.25) is 10.0 Å². The number of para-hydroxylation sites is 1. The molecule has 11 heteroatoms. The highest BCUT2D eigenvalue weighted by Gasteiger charge is 2.17. The van der Waals surface area contributed by atoms with Gasteiger partial charge in [0, 0.05) is 21.7 Å². The summed E-state index contributed by atoms with van der Waals surface area (Å²) < 4.78 is 10.9. The molecule has 220 valence electrons. The number of hydrogen-bond acceptors (Lipinski definition) is 6. The van der Waals surface area contributed by atoms with E-state index in [0.717, 1.165) is 4.90 Å². The van der Waals surface area contributed by atoms with Gasteiger partial charge in [-0.15, -0.1) is 11.8 Å². The molecule has 0 bridgehead atoms. The molecule has 0 unspecified atom stereocenters. The lowest BCUT2D eigenvalue weighted by atomic mass is 10.1. The summed E-state index contributed by atoms with van der Waals surface area (Å²) >= 11 is 13.5. The number of carbonyl (C=O) groups is 3. The number of ether oxygens (including phenoxy) is 2. The van der Waals surface area contributed by atoms with Crippen molar-refractivity contribution in [3.05, 3.63) is 118 Å². The van der Waals surface area contributed by atoms with E-state index in [1.807, 2.05) is 0 Å². The third-order valence-corrected chi connectivity index (χ3v) is 7.80. The van der Waals surface area contributed by atoms with Crippen molar-refractivity contribution in [2.45, 2.75) is 4.90 Å². The number of halogens is 2. The molecule has 4 aromatic rings. The van der Waals surface area contributed by atoms with Gasteiger partial charge in [0.15, 0.2) is 11.5 Å². The Balaban J connectivity index is 1.47. The highest BCUT2D eigenvalue weighted by atomic mass is 35.5. The molecule has 0 saturated carbocycles. The molecule has 0 radical (unpaired) electrons. The van der Waals surface area contributed by atoms with E-state index in [-0.39, 0.29) is 22.4 Å². The Morgan fingerprint density at radius 1 is 0.814 bits per heavy atom. The van der Waals surface area contributed by atoms with Crippen LogP contribution >= 0.6 is 35.0 Å². The van der Waals surface area contributed by atoms with Crippen LogP contribution in [0.1, 0.15) is 15.9 Å². The van der Waals surface area contributed by atoms with Crippen LogP contribution in [0.4, 0.5) is 11.4 Å². The van der Waals surface area contributed by atoms with Crippen molar-refractivity contribution in [1.82, 2.24) is 5.32 Å². The van der Waals surface area contributed by atoms with Gasteiger partial charge in [0.1, 0.15) is 5.70 Å². The highest BCUT2D eigenvalue weighted by molar-refractivity contribution is 8.00. The molecular weight excluding hydrogens is 609 g/mol. The average molecular weight is 637 g/mol. The van der Waals surface area contributed by atoms with Crippen LogP contribution < -0.4 is 25.4 Å². The number of amides is 3. The summed E-state index contributed by atoms with van der Waals surface area (Å²) in [4.78, 5) is 39.6. The minimum atomic E-state index is -0.549. The van der Waals surface area contributed by atoms with Gasteiger partial charge in [0.2, 0.25) is 5.91 Å². The molecule has 0 spiro atoms. The molecule has 8 nitrogen and oxygen atoms in total. The van der Waals surface area contributed by atoms with Gasteiger partial charge in [-0.05, 0) is 60.7 Å². The summed E-state index contributed by atoms with van der Waals surface area (Å²) in [6.07, 6.45) is 1.52. The normalized spacial score (nSPS) is 10.9. The van der Waals surface area contributed by atoms with Gasteiger partial charge in [0.25, 0.3) is 11.8 Å². The third kappa shape index (κ3) is 8.54. The van der Waals surface area contributed by atoms with Crippen molar-refractivity contribution in [3.63, 3.8) is 0 Å². The molecular formula is C32H27Cl2N3O5S. The molecule has 3 amide bonds. The van der Waals surface area contributed by atoms with Crippen molar-refractivity contribution < 1.29 is 23.9 Å². The predicted molar refractivity (Wildman–Crippen MR) is 172 cm³/mol. The number of nitrogens with one attached hydrogen (secondary N) is 3. The zero-order valence-electron chi connectivity index (χ0n) is 23.2. The van der Waals surface area contributed by atoms with E-state index >= 15 is 0 Å². The molecule has 4 rings (SSSR count). The van der Waals surface area contributed by atoms with E-state index in [2.05, 4.69) is 16.0 Å². The zero-order chi connectivity index (χ0) is 30.8. The van der Waals surface area contributed by atoms with E-state index in [4.69, 9.17) is 32.7 Å². The van der Waals surface area contributed by atoms with E-state index in [1.165, 1.54) is 32.1 Å². The van der Waals surface area contributed by atoms with Gasteiger partial charge in [0.05, 0.1) is 35.7 Å². The first-order chi connectivity index (χ1) is 20.8. The maximum Gasteiger partial charge on any atom is 0.272 e. The molecule has 0 aromatic heterocycles. The van der Waals surface area contributed by atoms with E-state index in [1.54, 1.807) is 91.0 Å². The van der Waals surface area contributed by atoms with Gasteiger partial charge in [-0.3, -0.25) is 14.4 Å². The number of hydrogen-bond donors (Lipinski definition) is 3. The number of carbonyl (C=O) groups excluding carboxylic acids is 3. The van der Waals surface area contributed by atoms with Crippen molar-refractivity contribution in [3.8, 4) is 11.5 Å². The minimum absolute atomic E-state index is 0.00444. The molecule has 0 saturated heterocycles. The van der Waals surface area contributed by atoms with Crippen molar-refractivity contribution in [2.75, 3.05) is 30.6 Å². The smallest absolute Gasteiger partial charge is 0.272 e. The fourth-order valence-electron chi connectivity index (χ4n) is 3.89. The Bertz CT molecular complexity index is 1650. The monoisotopic (exact) mass is 635 g/mol. The lowest BCUT2D eigenvalue weighted by Gasteiger charge is -2.14. The second-order valence-electron chi connectivity index (χ2n) is 8.88. The predicted octanol–water partition coefficient (Wildman–Crippen LogP) is 7.15. The van der Waals surface area contributed by atoms with Crippen LogP contribution in [0, 0.1) is 0 Å². The van der Waals surface area contributed by atoms with Crippen LogP contribution in [0.3, 0.4) is 0 Å². The summed E-state index contributed by atoms with van der Waals surface area (Å²) in [5.41, 5.74) is 1.84. The third-order valence-electron chi connectivity index (χ3n) is 5.97. The number of thioether (sulfide) groups is 1. The van der Waals surface area contributed by atoms with Crippen LogP contribution in [0.25, 0.3) is 6.08 Å². The summed E-state index contributed by atoms with van der Waals surface area (Å²) in [5.74, 6) is -0.228. The van der Waals surface area contributed by atoms with Crippen LogP contribution in [-0.2, 0) is 9.59 Å². The van der Waals surface area contributed by atoms with Gasteiger partial charge in [-0.1, -0.05) is 59.6 Å². The first-order valence-corrected chi connectivity index (χ1v) is 14.6. The topological polar surface area (TPSA) is 106 Å². The quantitative estimate of drug-likeness (QED) is 0.119. The maximum absolute atomic E-state index is 13.4. The molecule has 0 fully saturated rings. The Morgan fingerprint density at radius 2 is 1.53 bits per heavy atom. The SMILES string of the molecule is COc1cccc(/C=C(\NC(=O)c2ccccc2)C(=O)Nc2ccc(SCC(=O)Nc3cccc(Cl)c3Cl)cc2)c1OC. The minimum Gasteiger partial charge on any atom is -0.493 e. The second-order valence-corrected chi connectivity index (χ2v) is 10.7. The Kier molecular flexibility index (Phi) is 11.1. The highest BCUT2D eigenvalue weighted by Crippen LogP contribution is 2.32. The zero-order valence-corrected chi connectivity index (χ0v) is 25.5. The van der Waals surface area contributed by atoms with E-state index < -0.39 is 11.8 Å². The molecule has 0 aliphatic carbocycles. The Labute approximate surface area is 263 Å². The van der Waals surface area contributed by atoms with Gasteiger partial charge in [-0.2, -0.15) is 0 Å². The first-order valence-electron chi connectivity index (χ1n) is 12.9. The lowest BCUT2D eigenvalue weighted by Crippen LogP contribution is -2.30. The van der Waals surface area contributed by atoms with Gasteiger partial charge >= 0.3 is 0 Å². The van der Waals surface area contributed by atoms with Crippen LogP contribution in [0.5, 0.6) is 11.5 Å². The Morgan fingerprint density at radius 3 is 2.23 bits per heavy atom. The van der Waals surface area contributed by atoms with Gasteiger partial charge < -0.3 is 25.4 Å². The molecule has 43 heavy (non-hydrogen) atoms. The van der Waals surface area contributed by atoms with E-state index in [9.17, 15) is 14.4 Å². The summed E-state index contributed by atoms with van der Waals surface area (Å²) in [5, 5.41) is 8.89. The number of anilines is 2. The molecule has 0 aliphatic heterocycles. The first kappa shape index (κ1) is 31.5. The Hall–Kier alpha value is -4.44. The molecule has 0 heterocycles. The molecule has 0 atom stereocenters. The van der Waals surface area contributed by atoms with Crippen molar-refractivity contribution in [2.24, 2.45) is 0 Å². The summed E-state index contributed by atoms with van der Waals surface area (Å²) in [6, 6.07) is 25.8. The fraction of sp³-hybridized carbons (Fsp3) is 0.0938. The molecule has 0 aliphatic rings. The number of benzene rings is 4. The number of methoxy groups -OCH3 is 2. The molecule has 4 aromatic carbocycles.